The highest BCUT2D eigenvalue weighted by molar-refractivity contribution is 14.1. The molecule has 4 nitrogen and oxygen atoms in total. The molecule has 0 amide bonds. The number of carbonyl (C=O) groups is 1. The molecule has 1 N–H and O–H groups in total. The fraction of sp³-hybridized carbons (Fsp3) is 0.286. The van der Waals surface area contributed by atoms with Crippen LogP contribution in [0, 0.1) is 8.47 Å². The fourth-order valence-corrected chi connectivity index (χ4v) is 1.68. The molecule has 0 saturated heterocycles. The Hall–Kier alpha value is -0.500. The molecule has 70 valence electrons. The van der Waals surface area contributed by atoms with Crippen molar-refractivity contribution in [3.63, 3.8) is 0 Å². The van der Waals surface area contributed by atoms with Gasteiger partial charge in [0.2, 0.25) is 0 Å². The molecule has 13 heavy (non-hydrogen) atoms. The zero-order valence-corrected chi connectivity index (χ0v) is 9.81. The van der Waals surface area contributed by atoms with E-state index >= 15 is 0 Å². The Balaban J connectivity index is 3.02. The van der Waals surface area contributed by atoms with E-state index in [0.29, 0.717) is 20.6 Å². The predicted octanol–water partition coefficient (Wildman–Crippen LogP) is 1.92. The molecule has 1 aromatic heterocycles. The molecule has 0 aliphatic carbocycles. The summed E-state index contributed by atoms with van der Waals surface area (Å²) >= 11 is 6.76. The molecule has 1 rings (SSSR count). The Morgan fingerprint density at radius 2 is 2.54 bits per heavy atom. The molecule has 0 saturated carbocycles. The van der Waals surface area contributed by atoms with E-state index in [1.54, 1.807) is 6.92 Å². The third-order valence-electron chi connectivity index (χ3n) is 1.26. The number of aromatic amines is 1. The van der Waals surface area contributed by atoms with Crippen LogP contribution in [-0.4, -0.2) is 22.5 Å². The smallest absolute Gasteiger partial charge is 0.342 e. The first-order valence-electron chi connectivity index (χ1n) is 3.57. The van der Waals surface area contributed by atoms with Gasteiger partial charge in [-0.15, -0.1) is 0 Å². The van der Waals surface area contributed by atoms with Crippen LogP contribution in [0.25, 0.3) is 0 Å². The van der Waals surface area contributed by atoms with Crippen molar-refractivity contribution in [2.75, 3.05) is 6.61 Å². The second kappa shape index (κ2) is 4.66. The lowest BCUT2D eigenvalue weighted by Crippen LogP contribution is -2.08. The summed E-state index contributed by atoms with van der Waals surface area (Å²) in [6.45, 7) is 2.11. The average Bonchev–Trinajstić information content (AvgIpc) is 2.04. The molecule has 1 heterocycles. The topological polar surface area (TPSA) is 55.0 Å². The van der Waals surface area contributed by atoms with Crippen molar-refractivity contribution in [2.24, 2.45) is 0 Å². The van der Waals surface area contributed by atoms with E-state index in [2.05, 4.69) is 9.97 Å². The van der Waals surface area contributed by atoms with Gasteiger partial charge in [0.1, 0.15) is 5.56 Å². The van der Waals surface area contributed by atoms with E-state index in [9.17, 15) is 4.79 Å². The van der Waals surface area contributed by atoms with Crippen LogP contribution in [0.3, 0.4) is 0 Å². The lowest BCUT2D eigenvalue weighted by molar-refractivity contribution is 0.0524. The van der Waals surface area contributed by atoms with E-state index in [0.717, 1.165) is 0 Å². The van der Waals surface area contributed by atoms with E-state index in [4.69, 9.17) is 17.0 Å². The summed E-state index contributed by atoms with van der Waals surface area (Å²) in [5.74, 6) is -0.384. The van der Waals surface area contributed by atoms with Gasteiger partial charge < -0.3 is 9.72 Å². The highest BCUT2D eigenvalue weighted by Crippen LogP contribution is 2.08. The summed E-state index contributed by atoms with van der Waals surface area (Å²) < 4.78 is 5.82. The molecule has 0 aromatic carbocycles. The Labute approximate surface area is 93.9 Å². The van der Waals surface area contributed by atoms with Crippen molar-refractivity contribution in [2.45, 2.75) is 6.92 Å². The second-order valence-corrected chi connectivity index (χ2v) is 3.60. The highest BCUT2D eigenvalue weighted by Gasteiger charge is 2.10. The van der Waals surface area contributed by atoms with Gasteiger partial charge in [-0.3, -0.25) is 0 Å². The molecule has 0 spiro atoms. The number of halogens is 1. The van der Waals surface area contributed by atoms with Gasteiger partial charge in [-0.2, -0.15) is 0 Å². The molecular weight excluding hydrogens is 303 g/mol. The van der Waals surface area contributed by atoms with Crippen LogP contribution >= 0.6 is 34.8 Å². The zero-order chi connectivity index (χ0) is 9.84. The monoisotopic (exact) mass is 310 g/mol. The number of aromatic nitrogens is 2. The Kier molecular flexibility index (Phi) is 3.79. The summed E-state index contributed by atoms with van der Waals surface area (Å²) in [5, 5.41) is 0. The van der Waals surface area contributed by atoms with Gasteiger partial charge in [0.15, 0.2) is 4.77 Å². The van der Waals surface area contributed by atoms with Gasteiger partial charge >= 0.3 is 5.97 Å². The van der Waals surface area contributed by atoms with E-state index < -0.39 is 0 Å². The standard InChI is InChI=1S/C7H7IN2O2S/c1-2-12-6(11)4-3-9-7(13)10-5(4)8/h3H,2H2,1H3,(H,9,10,13). The van der Waals surface area contributed by atoms with Crippen molar-refractivity contribution in [3.8, 4) is 0 Å². The van der Waals surface area contributed by atoms with Crippen molar-refractivity contribution in [1.82, 2.24) is 9.97 Å². The van der Waals surface area contributed by atoms with Crippen molar-refractivity contribution >= 4 is 40.8 Å². The minimum atomic E-state index is -0.384. The first-order valence-corrected chi connectivity index (χ1v) is 5.05. The maximum Gasteiger partial charge on any atom is 0.342 e. The van der Waals surface area contributed by atoms with Crippen LogP contribution < -0.4 is 0 Å². The van der Waals surface area contributed by atoms with Crippen molar-refractivity contribution < 1.29 is 9.53 Å². The van der Waals surface area contributed by atoms with Crippen molar-refractivity contribution in [1.29, 1.82) is 0 Å². The molecular formula is C7H7IN2O2S. The minimum absolute atomic E-state index is 0.352. The van der Waals surface area contributed by atoms with Gasteiger partial charge in [-0.05, 0) is 41.7 Å². The summed E-state index contributed by atoms with van der Waals surface area (Å²) in [6, 6.07) is 0. The first-order chi connectivity index (χ1) is 6.15. The largest absolute Gasteiger partial charge is 0.462 e. The number of H-pyrrole nitrogens is 1. The SMILES string of the molecule is CCOC(=O)c1cnc(=S)[nH]c1I. The molecule has 0 atom stereocenters. The van der Waals surface area contributed by atoms with Crippen LogP contribution in [0.1, 0.15) is 17.3 Å². The van der Waals surface area contributed by atoms with Gasteiger partial charge in [0.05, 0.1) is 10.3 Å². The van der Waals surface area contributed by atoms with Crippen LogP contribution in [0.2, 0.25) is 0 Å². The van der Waals surface area contributed by atoms with Gasteiger partial charge in [-0.1, -0.05) is 0 Å². The molecule has 1 aromatic rings. The molecule has 0 fully saturated rings. The Morgan fingerprint density at radius 1 is 1.85 bits per heavy atom. The van der Waals surface area contributed by atoms with E-state index in [-0.39, 0.29) is 5.97 Å². The number of hydrogen-bond donors (Lipinski definition) is 1. The number of hydrogen-bond acceptors (Lipinski definition) is 4. The quantitative estimate of drug-likeness (QED) is 0.392. The molecule has 0 aliphatic heterocycles. The summed E-state index contributed by atoms with van der Waals surface area (Å²) in [6.07, 6.45) is 1.42. The second-order valence-electron chi connectivity index (χ2n) is 2.14. The maximum atomic E-state index is 11.3. The number of carbonyl (C=O) groups excluding carboxylic acids is 1. The number of rotatable bonds is 2. The molecule has 6 heteroatoms. The number of ether oxygens (including phenoxy) is 1. The lowest BCUT2D eigenvalue weighted by atomic mass is 10.3. The summed E-state index contributed by atoms with van der Waals surface area (Å²) in [7, 11) is 0. The van der Waals surface area contributed by atoms with Crippen molar-refractivity contribution in [3.05, 3.63) is 20.2 Å². The van der Waals surface area contributed by atoms with Crippen LogP contribution in [-0.2, 0) is 4.74 Å². The number of esters is 1. The Morgan fingerprint density at radius 3 is 3.08 bits per heavy atom. The summed E-state index contributed by atoms with van der Waals surface area (Å²) in [4.78, 5) is 17.8. The van der Waals surface area contributed by atoms with Gasteiger partial charge in [0.25, 0.3) is 0 Å². The lowest BCUT2D eigenvalue weighted by Gasteiger charge is -2.02. The molecule has 0 unspecified atom stereocenters. The number of nitrogens with one attached hydrogen (secondary N) is 1. The predicted molar refractivity (Wildman–Crippen MR) is 58.1 cm³/mol. The van der Waals surface area contributed by atoms with Crippen LogP contribution in [0.4, 0.5) is 0 Å². The maximum absolute atomic E-state index is 11.3. The molecule has 0 radical (unpaired) electrons. The normalized spacial score (nSPS) is 9.69. The highest BCUT2D eigenvalue weighted by atomic mass is 127. The van der Waals surface area contributed by atoms with Gasteiger partial charge in [-0.25, -0.2) is 9.78 Å². The summed E-state index contributed by atoms with van der Waals surface area (Å²) in [5.41, 5.74) is 0.413. The zero-order valence-electron chi connectivity index (χ0n) is 6.83. The first kappa shape index (κ1) is 10.6. The van der Waals surface area contributed by atoms with Gasteiger partial charge in [0, 0.05) is 6.20 Å². The van der Waals surface area contributed by atoms with E-state index in [1.807, 2.05) is 22.6 Å². The third kappa shape index (κ3) is 2.73. The van der Waals surface area contributed by atoms with E-state index in [1.165, 1.54) is 6.20 Å². The van der Waals surface area contributed by atoms with Crippen LogP contribution in [0.5, 0.6) is 0 Å². The average molecular weight is 310 g/mol. The third-order valence-corrected chi connectivity index (χ3v) is 2.32. The Bertz CT molecular complexity index is 377. The molecule has 0 bridgehead atoms. The minimum Gasteiger partial charge on any atom is -0.462 e. The molecule has 0 aliphatic rings. The fourth-order valence-electron chi connectivity index (χ4n) is 0.724. The van der Waals surface area contributed by atoms with Crippen LogP contribution in [0.15, 0.2) is 6.20 Å². The number of nitrogens with zero attached hydrogens (tertiary/aromatic N) is 1.